The van der Waals surface area contributed by atoms with Gasteiger partial charge in [-0.25, -0.2) is 4.68 Å². The largest absolute Gasteiger partial charge is 0.383 e. The monoisotopic (exact) mass is 363 g/mol. The van der Waals surface area contributed by atoms with E-state index in [-0.39, 0.29) is 0 Å². The molecule has 2 aromatic carbocycles. The molecule has 0 aliphatic rings. The quantitative estimate of drug-likeness (QED) is 0.708. The van der Waals surface area contributed by atoms with Crippen LogP contribution < -0.4 is 5.73 Å². The van der Waals surface area contributed by atoms with E-state index >= 15 is 0 Å². The van der Waals surface area contributed by atoms with Crippen LogP contribution in [-0.4, -0.2) is 9.78 Å². The number of aryl methyl sites for hydroxylation is 1. The van der Waals surface area contributed by atoms with Crippen LogP contribution in [0.4, 0.5) is 5.82 Å². The maximum atomic E-state index is 6.06. The number of hydrogen-bond acceptors (Lipinski definition) is 2. The van der Waals surface area contributed by atoms with Crippen molar-refractivity contribution < 1.29 is 0 Å². The third kappa shape index (κ3) is 2.32. The molecule has 0 fully saturated rings. The van der Waals surface area contributed by atoms with Crippen molar-refractivity contribution in [3.05, 3.63) is 57.3 Å². The molecule has 0 aliphatic heterocycles. The Morgan fingerprint density at radius 1 is 1.16 bits per heavy atom. The van der Waals surface area contributed by atoms with Gasteiger partial charge in [-0.15, -0.1) is 0 Å². The van der Waals surface area contributed by atoms with Crippen LogP contribution in [0, 0.1) is 10.5 Å². The van der Waals surface area contributed by atoms with Crippen molar-refractivity contribution in [1.82, 2.24) is 9.78 Å². The number of hydrogen-bond donors (Lipinski definition) is 1. The second-order valence-electron chi connectivity index (χ2n) is 4.62. The number of benzene rings is 2. The summed E-state index contributed by atoms with van der Waals surface area (Å²) in [6, 6.07) is 14.8. The van der Waals surface area contributed by atoms with E-state index in [0.717, 1.165) is 15.1 Å². The molecule has 96 valence electrons. The van der Waals surface area contributed by atoms with E-state index in [1.54, 1.807) is 0 Å². The highest BCUT2D eigenvalue weighted by atomic mass is 127. The van der Waals surface area contributed by atoms with Gasteiger partial charge in [-0.05, 0) is 51.9 Å². The van der Waals surface area contributed by atoms with Crippen LogP contribution >= 0.6 is 22.6 Å². The Labute approximate surface area is 125 Å². The van der Waals surface area contributed by atoms with E-state index in [1.807, 2.05) is 11.6 Å². The Balaban J connectivity index is 1.98. The Kier molecular flexibility index (Phi) is 3.18. The first-order valence-electron chi connectivity index (χ1n) is 6.11. The van der Waals surface area contributed by atoms with Gasteiger partial charge in [0.25, 0.3) is 0 Å². The number of nitrogens with zero attached hydrogens (tertiary/aromatic N) is 2. The van der Waals surface area contributed by atoms with Crippen LogP contribution in [0.25, 0.3) is 10.8 Å². The summed E-state index contributed by atoms with van der Waals surface area (Å²) >= 11 is 2.24. The Bertz CT molecular complexity index is 746. The molecule has 1 aromatic heterocycles. The SMILES string of the molecule is Cc1nn(Cc2ccc3ccccc3c2)c(N)c1I. The third-order valence-corrected chi connectivity index (χ3v) is 4.57. The van der Waals surface area contributed by atoms with Gasteiger partial charge in [0.1, 0.15) is 5.82 Å². The number of anilines is 1. The fourth-order valence-corrected chi connectivity index (χ4v) is 2.59. The molecular formula is C15H14IN3. The van der Waals surface area contributed by atoms with Crippen LogP contribution in [0.5, 0.6) is 0 Å². The van der Waals surface area contributed by atoms with Gasteiger partial charge < -0.3 is 5.73 Å². The van der Waals surface area contributed by atoms with E-state index in [0.29, 0.717) is 6.54 Å². The first-order chi connectivity index (χ1) is 9.15. The predicted octanol–water partition coefficient (Wildman–Crippen LogP) is 3.58. The topological polar surface area (TPSA) is 43.8 Å². The molecule has 3 nitrogen and oxygen atoms in total. The summed E-state index contributed by atoms with van der Waals surface area (Å²) in [5.41, 5.74) is 8.25. The molecule has 3 aromatic rings. The second-order valence-corrected chi connectivity index (χ2v) is 5.70. The minimum Gasteiger partial charge on any atom is -0.383 e. The summed E-state index contributed by atoms with van der Waals surface area (Å²) < 4.78 is 2.90. The molecule has 0 amide bonds. The van der Waals surface area contributed by atoms with E-state index in [2.05, 4.69) is 70.2 Å². The van der Waals surface area contributed by atoms with E-state index < -0.39 is 0 Å². The van der Waals surface area contributed by atoms with Gasteiger partial charge in [-0.2, -0.15) is 5.10 Å². The summed E-state index contributed by atoms with van der Waals surface area (Å²) in [6.45, 7) is 2.69. The Morgan fingerprint density at radius 2 is 1.89 bits per heavy atom. The molecule has 0 bridgehead atoms. The maximum absolute atomic E-state index is 6.06. The summed E-state index contributed by atoms with van der Waals surface area (Å²) in [5, 5.41) is 6.97. The molecule has 0 aliphatic carbocycles. The standard InChI is InChI=1S/C15H14IN3/c1-10-14(16)15(17)19(18-10)9-11-6-7-12-4-2-3-5-13(12)8-11/h2-8H,9,17H2,1H3. The van der Waals surface area contributed by atoms with E-state index in [1.165, 1.54) is 16.3 Å². The normalized spacial score (nSPS) is 11.1. The highest BCUT2D eigenvalue weighted by Crippen LogP contribution is 2.21. The van der Waals surface area contributed by atoms with Crippen LogP contribution in [0.15, 0.2) is 42.5 Å². The lowest BCUT2D eigenvalue weighted by Gasteiger charge is -2.06. The highest BCUT2D eigenvalue weighted by Gasteiger charge is 2.09. The van der Waals surface area contributed by atoms with Gasteiger partial charge in [0.15, 0.2) is 0 Å². The molecule has 19 heavy (non-hydrogen) atoms. The highest BCUT2D eigenvalue weighted by molar-refractivity contribution is 14.1. The maximum Gasteiger partial charge on any atom is 0.135 e. The van der Waals surface area contributed by atoms with Gasteiger partial charge in [-0.1, -0.05) is 36.4 Å². The van der Waals surface area contributed by atoms with Gasteiger partial charge >= 0.3 is 0 Å². The third-order valence-electron chi connectivity index (χ3n) is 3.24. The molecular weight excluding hydrogens is 349 g/mol. The average molecular weight is 363 g/mol. The molecule has 0 spiro atoms. The second kappa shape index (κ2) is 4.85. The van der Waals surface area contributed by atoms with Gasteiger partial charge in [-0.3, -0.25) is 0 Å². The zero-order valence-electron chi connectivity index (χ0n) is 10.6. The average Bonchev–Trinajstić information content (AvgIpc) is 2.66. The number of nitrogens with two attached hydrogens (primary N) is 1. The first kappa shape index (κ1) is 12.5. The van der Waals surface area contributed by atoms with Crippen LogP contribution in [0.3, 0.4) is 0 Å². The van der Waals surface area contributed by atoms with Crippen molar-refractivity contribution in [2.45, 2.75) is 13.5 Å². The van der Waals surface area contributed by atoms with Crippen molar-refractivity contribution in [1.29, 1.82) is 0 Å². The number of rotatable bonds is 2. The predicted molar refractivity (Wildman–Crippen MR) is 87.1 cm³/mol. The fourth-order valence-electron chi connectivity index (χ4n) is 2.21. The molecule has 0 atom stereocenters. The van der Waals surface area contributed by atoms with Crippen molar-refractivity contribution in [3.8, 4) is 0 Å². The first-order valence-corrected chi connectivity index (χ1v) is 7.19. The zero-order chi connectivity index (χ0) is 13.4. The lowest BCUT2D eigenvalue weighted by Crippen LogP contribution is -2.06. The molecule has 0 unspecified atom stereocenters. The van der Waals surface area contributed by atoms with E-state index in [9.17, 15) is 0 Å². The molecule has 0 saturated carbocycles. The van der Waals surface area contributed by atoms with Crippen LogP contribution in [0.1, 0.15) is 11.3 Å². The minimum atomic E-state index is 0.709. The summed E-state index contributed by atoms with van der Waals surface area (Å²) in [4.78, 5) is 0. The smallest absolute Gasteiger partial charge is 0.135 e. The summed E-state index contributed by atoms with van der Waals surface area (Å²) in [7, 11) is 0. The van der Waals surface area contributed by atoms with E-state index in [4.69, 9.17) is 5.73 Å². The van der Waals surface area contributed by atoms with Crippen LogP contribution in [-0.2, 0) is 6.54 Å². The summed E-state index contributed by atoms with van der Waals surface area (Å²) in [6.07, 6.45) is 0. The van der Waals surface area contributed by atoms with Crippen molar-refractivity contribution in [2.24, 2.45) is 0 Å². The van der Waals surface area contributed by atoms with Crippen LogP contribution in [0.2, 0.25) is 0 Å². The van der Waals surface area contributed by atoms with Gasteiger partial charge in [0.2, 0.25) is 0 Å². The number of fused-ring (bicyclic) bond motifs is 1. The minimum absolute atomic E-state index is 0.709. The molecule has 2 N–H and O–H groups in total. The molecule has 1 heterocycles. The molecule has 3 rings (SSSR count). The number of nitrogen functional groups attached to an aromatic ring is 1. The summed E-state index contributed by atoms with van der Waals surface area (Å²) in [5.74, 6) is 0.742. The number of halogens is 1. The lowest BCUT2D eigenvalue weighted by atomic mass is 10.1. The zero-order valence-corrected chi connectivity index (χ0v) is 12.8. The fraction of sp³-hybridized carbons (Fsp3) is 0.133. The molecule has 0 radical (unpaired) electrons. The van der Waals surface area contributed by atoms with Gasteiger partial charge in [0, 0.05) is 0 Å². The van der Waals surface area contributed by atoms with Crippen molar-refractivity contribution in [3.63, 3.8) is 0 Å². The number of aromatic nitrogens is 2. The molecule has 4 heteroatoms. The van der Waals surface area contributed by atoms with Gasteiger partial charge in [0.05, 0.1) is 15.8 Å². The Morgan fingerprint density at radius 3 is 2.58 bits per heavy atom. The lowest BCUT2D eigenvalue weighted by molar-refractivity contribution is 0.690. The Hall–Kier alpha value is -1.56. The molecule has 0 saturated heterocycles. The van der Waals surface area contributed by atoms with Crippen molar-refractivity contribution >= 4 is 39.2 Å². The van der Waals surface area contributed by atoms with Crippen molar-refractivity contribution in [2.75, 3.05) is 5.73 Å².